The Morgan fingerprint density at radius 3 is 1.91 bits per heavy atom. The highest BCUT2D eigenvalue weighted by atomic mass is 79.9. The molecule has 2 heteroatoms. The molecule has 0 saturated carbocycles. The van der Waals surface area contributed by atoms with Crippen LogP contribution in [0.3, 0.4) is 0 Å². The molecule has 0 aromatic heterocycles. The third-order valence-electron chi connectivity index (χ3n) is 7.47. The van der Waals surface area contributed by atoms with Crippen molar-refractivity contribution >= 4 is 74.9 Å². The predicted molar refractivity (Wildman–Crippen MR) is 153 cm³/mol. The smallest absolute Gasteiger partial charge is 0.0260 e. The first-order valence-electron chi connectivity index (χ1n) is 11.4. The number of rotatable bonds is 1. The molecule has 0 spiro atoms. The van der Waals surface area contributed by atoms with Gasteiger partial charge in [0.25, 0.3) is 0 Å². The first-order valence-corrected chi connectivity index (χ1v) is 13.0. The largest absolute Gasteiger partial charge is 0.0610 e. The molecule has 0 bridgehead atoms. The van der Waals surface area contributed by atoms with Crippen LogP contribution in [0.4, 0.5) is 0 Å². The minimum Gasteiger partial charge on any atom is -0.0610 e. The van der Waals surface area contributed by atoms with Crippen LogP contribution in [0.15, 0.2) is 106 Å². The van der Waals surface area contributed by atoms with E-state index in [2.05, 4.69) is 129 Å². The summed E-state index contributed by atoms with van der Waals surface area (Å²) in [5.41, 5.74) is 7.85. The highest BCUT2D eigenvalue weighted by molar-refractivity contribution is 9.11. The zero-order valence-electron chi connectivity index (χ0n) is 18.0. The maximum Gasteiger partial charge on any atom is 0.0260 e. The summed E-state index contributed by atoms with van der Waals surface area (Å²) in [4.78, 5) is 0. The van der Waals surface area contributed by atoms with Gasteiger partial charge in [-0.15, -0.1) is 0 Å². The average Bonchev–Trinajstić information content (AvgIpc) is 3.19. The molecule has 0 nitrogen and oxygen atoms in total. The molecule has 0 unspecified atom stereocenters. The van der Waals surface area contributed by atoms with Crippen molar-refractivity contribution in [2.75, 3.05) is 0 Å². The number of hydrogen-bond donors (Lipinski definition) is 0. The topological polar surface area (TPSA) is 0 Å². The lowest BCUT2D eigenvalue weighted by atomic mass is 9.87. The molecule has 158 valence electrons. The van der Waals surface area contributed by atoms with Crippen molar-refractivity contribution in [1.29, 1.82) is 0 Å². The standard InChI is InChI=1S/C32H16Br2/c33-20-10-14-21-22-6-2-5-19-8-12-24(32(30(19)22)27(21)15-20)26-16-28(34)25-13-9-18-4-1-3-17-7-11-23(26)31(25)29(17)18/h1-16H. The van der Waals surface area contributed by atoms with Crippen LogP contribution in [0.5, 0.6) is 0 Å². The van der Waals surface area contributed by atoms with E-state index in [0.717, 1.165) is 8.95 Å². The van der Waals surface area contributed by atoms with Gasteiger partial charge in [-0.05, 0) is 94.7 Å². The van der Waals surface area contributed by atoms with Crippen molar-refractivity contribution < 1.29 is 0 Å². The number of benzene rings is 7. The predicted octanol–water partition coefficient (Wildman–Crippen LogP) is 10.6. The minimum absolute atomic E-state index is 1.11. The summed E-state index contributed by atoms with van der Waals surface area (Å²) in [6.45, 7) is 0. The van der Waals surface area contributed by atoms with E-state index in [0.29, 0.717) is 0 Å². The highest BCUT2D eigenvalue weighted by Gasteiger charge is 2.26. The summed E-state index contributed by atoms with van der Waals surface area (Å²) in [7, 11) is 0. The van der Waals surface area contributed by atoms with E-state index in [4.69, 9.17) is 0 Å². The molecule has 8 rings (SSSR count). The third-order valence-corrected chi connectivity index (χ3v) is 8.62. The number of hydrogen-bond acceptors (Lipinski definition) is 0. The first-order chi connectivity index (χ1) is 16.7. The quantitative estimate of drug-likeness (QED) is 0.175. The summed E-state index contributed by atoms with van der Waals surface area (Å²) in [5.74, 6) is 0. The molecule has 7 aromatic carbocycles. The molecular formula is C32H16Br2. The zero-order chi connectivity index (χ0) is 22.6. The van der Waals surface area contributed by atoms with E-state index in [1.54, 1.807) is 0 Å². The van der Waals surface area contributed by atoms with Gasteiger partial charge < -0.3 is 0 Å². The molecule has 0 atom stereocenters. The molecule has 0 heterocycles. The summed E-state index contributed by atoms with van der Waals surface area (Å²) in [5, 5.41) is 10.5. The highest BCUT2D eigenvalue weighted by Crippen LogP contribution is 2.53. The molecule has 1 aliphatic rings. The monoisotopic (exact) mass is 558 g/mol. The molecule has 0 N–H and O–H groups in total. The Kier molecular flexibility index (Phi) is 3.76. The van der Waals surface area contributed by atoms with Crippen molar-refractivity contribution in [2.45, 2.75) is 0 Å². The van der Waals surface area contributed by atoms with Crippen LogP contribution in [0, 0.1) is 0 Å². The van der Waals surface area contributed by atoms with Crippen LogP contribution < -0.4 is 0 Å². The third kappa shape index (κ3) is 2.38. The molecule has 0 amide bonds. The van der Waals surface area contributed by atoms with Crippen LogP contribution >= 0.6 is 31.9 Å². The summed E-state index contributed by atoms with van der Waals surface area (Å²) in [6, 6.07) is 35.9. The molecular weight excluding hydrogens is 544 g/mol. The lowest BCUT2D eigenvalue weighted by molar-refractivity contribution is 1.64. The van der Waals surface area contributed by atoms with Gasteiger partial charge in [0.15, 0.2) is 0 Å². The van der Waals surface area contributed by atoms with Crippen molar-refractivity contribution in [1.82, 2.24) is 0 Å². The van der Waals surface area contributed by atoms with Crippen molar-refractivity contribution in [3.05, 3.63) is 106 Å². The maximum absolute atomic E-state index is 3.93. The minimum atomic E-state index is 1.11. The van der Waals surface area contributed by atoms with Gasteiger partial charge in [-0.1, -0.05) is 111 Å². The van der Waals surface area contributed by atoms with Crippen molar-refractivity contribution in [3.8, 4) is 33.4 Å². The van der Waals surface area contributed by atoms with Gasteiger partial charge in [-0.25, -0.2) is 0 Å². The number of fused-ring (bicyclic) bond motifs is 3. The summed E-state index contributed by atoms with van der Waals surface area (Å²) < 4.78 is 2.25. The lowest BCUT2D eigenvalue weighted by Crippen LogP contribution is -1.90. The normalized spacial score (nSPS) is 12.4. The molecule has 34 heavy (non-hydrogen) atoms. The van der Waals surface area contributed by atoms with Crippen molar-refractivity contribution in [3.63, 3.8) is 0 Å². The van der Waals surface area contributed by atoms with Gasteiger partial charge in [0.1, 0.15) is 0 Å². The van der Waals surface area contributed by atoms with Gasteiger partial charge in [0, 0.05) is 8.95 Å². The summed E-state index contributed by atoms with van der Waals surface area (Å²) in [6.07, 6.45) is 0. The second-order valence-electron chi connectivity index (χ2n) is 9.17. The zero-order valence-corrected chi connectivity index (χ0v) is 21.2. The van der Waals surface area contributed by atoms with E-state index >= 15 is 0 Å². The fourth-order valence-electron chi connectivity index (χ4n) is 6.08. The second kappa shape index (κ2) is 6.69. The molecule has 0 aliphatic heterocycles. The Morgan fingerprint density at radius 1 is 0.412 bits per heavy atom. The van der Waals surface area contributed by atoms with Gasteiger partial charge in [-0.2, -0.15) is 0 Å². The summed E-state index contributed by atoms with van der Waals surface area (Å²) >= 11 is 7.66. The molecule has 0 radical (unpaired) electrons. The fraction of sp³-hybridized carbons (Fsp3) is 0. The Bertz CT molecular complexity index is 1960. The van der Waals surface area contributed by atoms with Crippen LogP contribution in [-0.2, 0) is 0 Å². The fourth-order valence-corrected chi connectivity index (χ4v) is 7.00. The van der Waals surface area contributed by atoms with E-state index < -0.39 is 0 Å². The Hall–Kier alpha value is -3.20. The van der Waals surface area contributed by atoms with Crippen LogP contribution in [0.1, 0.15) is 0 Å². The van der Waals surface area contributed by atoms with E-state index in [9.17, 15) is 0 Å². The van der Waals surface area contributed by atoms with Crippen LogP contribution in [0.2, 0.25) is 0 Å². The molecule has 0 fully saturated rings. The van der Waals surface area contributed by atoms with Crippen LogP contribution in [-0.4, -0.2) is 0 Å². The Morgan fingerprint density at radius 2 is 1.09 bits per heavy atom. The van der Waals surface area contributed by atoms with Gasteiger partial charge in [0.2, 0.25) is 0 Å². The van der Waals surface area contributed by atoms with Crippen LogP contribution in [0.25, 0.3) is 76.5 Å². The Balaban J connectivity index is 1.58. The second-order valence-corrected chi connectivity index (χ2v) is 10.9. The van der Waals surface area contributed by atoms with Gasteiger partial charge >= 0.3 is 0 Å². The first kappa shape index (κ1) is 19.1. The number of halogens is 2. The van der Waals surface area contributed by atoms with Gasteiger partial charge in [0.05, 0.1) is 0 Å². The molecule has 1 aliphatic carbocycles. The molecule has 7 aromatic rings. The Labute approximate surface area is 213 Å². The van der Waals surface area contributed by atoms with E-state index in [-0.39, 0.29) is 0 Å². The lowest BCUT2D eigenvalue weighted by Gasteiger charge is -2.18. The molecule has 0 saturated heterocycles. The maximum atomic E-state index is 3.93. The van der Waals surface area contributed by atoms with E-state index in [1.807, 2.05) is 0 Å². The van der Waals surface area contributed by atoms with Gasteiger partial charge in [-0.3, -0.25) is 0 Å². The van der Waals surface area contributed by atoms with E-state index in [1.165, 1.54) is 76.5 Å². The SMILES string of the molecule is Brc1ccc2c(c1)-c1c(-c3cc(Br)c4ccc5cccc6ccc3c4c56)ccc3cccc-2c13. The average molecular weight is 560 g/mol. The van der Waals surface area contributed by atoms with Crippen molar-refractivity contribution in [2.24, 2.45) is 0 Å².